The summed E-state index contributed by atoms with van der Waals surface area (Å²) in [5, 5.41) is 0. The van der Waals surface area contributed by atoms with E-state index in [0.717, 1.165) is 11.3 Å². The van der Waals surface area contributed by atoms with E-state index in [1.165, 1.54) is 4.57 Å². The molecule has 6 heteroatoms. The van der Waals surface area contributed by atoms with Gasteiger partial charge >= 0.3 is 0 Å². The molecule has 27 heavy (non-hydrogen) atoms. The predicted octanol–water partition coefficient (Wildman–Crippen LogP) is 2.75. The number of carbonyl (C=O) groups excluding carboxylic acids is 1. The third-order valence-corrected chi connectivity index (χ3v) is 5.20. The van der Waals surface area contributed by atoms with Crippen molar-refractivity contribution in [1.29, 1.82) is 0 Å². The lowest BCUT2D eigenvalue weighted by atomic mass is 9.92. The number of nitrogens with zero attached hydrogens (tertiary/aromatic N) is 3. The van der Waals surface area contributed by atoms with E-state index in [2.05, 4.69) is 4.98 Å². The second kappa shape index (κ2) is 6.87. The number of hydrogen-bond acceptors (Lipinski definition) is 4. The summed E-state index contributed by atoms with van der Waals surface area (Å²) in [5.41, 5.74) is 2.28. The Morgan fingerprint density at radius 2 is 1.96 bits per heavy atom. The fourth-order valence-electron chi connectivity index (χ4n) is 3.57. The molecule has 1 aliphatic heterocycles. The van der Waals surface area contributed by atoms with Crippen molar-refractivity contribution in [2.24, 2.45) is 7.05 Å². The molecule has 4 rings (SSSR count). The van der Waals surface area contributed by atoms with Crippen molar-refractivity contribution < 1.29 is 9.21 Å². The fraction of sp³-hybridized carbons (Fsp3) is 0.286. The highest BCUT2D eigenvalue weighted by Crippen LogP contribution is 2.30. The highest BCUT2D eigenvalue weighted by Gasteiger charge is 2.30. The van der Waals surface area contributed by atoms with Crippen LogP contribution in [-0.2, 0) is 24.9 Å². The van der Waals surface area contributed by atoms with E-state index in [9.17, 15) is 9.59 Å². The molecule has 0 aliphatic carbocycles. The molecule has 3 heterocycles. The van der Waals surface area contributed by atoms with Crippen LogP contribution >= 0.6 is 0 Å². The molecule has 1 atom stereocenters. The monoisotopic (exact) mass is 363 g/mol. The zero-order valence-corrected chi connectivity index (χ0v) is 15.4. The molecule has 3 aromatic rings. The van der Waals surface area contributed by atoms with Crippen LogP contribution in [0.4, 0.5) is 0 Å². The summed E-state index contributed by atoms with van der Waals surface area (Å²) in [6.07, 6.45) is 1.91. The maximum Gasteiger partial charge on any atom is 0.258 e. The molecule has 0 saturated carbocycles. The van der Waals surface area contributed by atoms with Gasteiger partial charge in [0.2, 0.25) is 5.91 Å². The molecule has 0 fully saturated rings. The number of rotatable bonds is 4. The SMILES string of the molecule is Cc1nc2c(c(=O)n1C)CN(C(=O)CC(c1ccccc1)c1ccco1)C2. The first-order valence-corrected chi connectivity index (χ1v) is 8.96. The van der Waals surface area contributed by atoms with Gasteiger partial charge in [-0.1, -0.05) is 30.3 Å². The van der Waals surface area contributed by atoms with Gasteiger partial charge in [-0.3, -0.25) is 14.2 Å². The first-order valence-electron chi connectivity index (χ1n) is 8.96. The Balaban J connectivity index is 1.58. The molecule has 2 aromatic heterocycles. The molecule has 6 nitrogen and oxygen atoms in total. The highest BCUT2D eigenvalue weighted by atomic mass is 16.3. The van der Waals surface area contributed by atoms with Crippen LogP contribution in [0.15, 0.2) is 57.9 Å². The van der Waals surface area contributed by atoms with Crippen LogP contribution in [0.1, 0.15) is 40.7 Å². The lowest BCUT2D eigenvalue weighted by Crippen LogP contribution is -2.28. The van der Waals surface area contributed by atoms with E-state index in [4.69, 9.17) is 4.42 Å². The van der Waals surface area contributed by atoms with Gasteiger partial charge in [0, 0.05) is 13.5 Å². The van der Waals surface area contributed by atoms with Gasteiger partial charge in [-0.2, -0.15) is 0 Å². The zero-order chi connectivity index (χ0) is 19.0. The van der Waals surface area contributed by atoms with E-state index in [1.807, 2.05) is 42.5 Å². The van der Waals surface area contributed by atoms with Gasteiger partial charge in [-0.25, -0.2) is 4.98 Å². The number of aryl methyl sites for hydroxylation is 1. The minimum atomic E-state index is -0.157. The first-order chi connectivity index (χ1) is 13.0. The summed E-state index contributed by atoms with van der Waals surface area (Å²) in [4.78, 5) is 31.7. The normalized spacial score (nSPS) is 14.2. The number of fused-ring (bicyclic) bond motifs is 1. The summed E-state index contributed by atoms with van der Waals surface area (Å²) in [6.45, 7) is 2.49. The summed E-state index contributed by atoms with van der Waals surface area (Å²) >= 11 is 0. The summed E-state index contributed by atoms with van der Waals surface area (Å²) < 4.78 is 7.12. The molecule has 0 radical (unpaired) electrons. The second-order valence-electron chi connectivity index (χ2n) is 6.88. The number of hydrogen-bond donors (Lipinski definition) is 0. The molecule has 0 bridgehead atoms. The molecule has 1 amide bonds. The number of carbonyl (C=O) groups is 1. The molecule has 0 spiro atoms. The number of amides is 1. The van der Waals surface area contributed by atoms with Crippen molar-refractivity contribution >= 4 is 5.91 Å². The lowest BCUT2D eigenvalue weighted by Gasteiger charge is -2.20. The Bertz CT molecular complexity index is 1020. The Morgan fingerprint density at radius 3 is 2.67 bits per heavy atom. The number of furan rings is 1. The third-order valence-electron chi connectivity index (χ3n) is 5.20. The maximum atomic E-state index is 13.0. The van der Waals surface area contributed by atoms with E-state index in [1.54, 1.807) is 25.1 Å². The Morgan fingerprint density at radius 1 is 1.19 bits per heavy atom. The van der Waals surface area contributed by atoms with Crippen molar-refractivity contribution in [1.82, 2.24) is 14.5 Å². The van der Waals surface area contributed by atoms with Crippen LogP contribution in [-0.4, -0.2) is 20.4 Å². The Kier molecular flexibility index (Phi) is 4.39. The number of aromatic nitrogens is 2. The van der Waals surface area contributed by atoms with Crippen LogP contribution < -0.4 is 5.56 Å². The third kappa shape index (κ3) is 3.18. The van der Waals surface area contributed by atoms with Gasteiger partial charge in [0.1, 0.15) is 11.6 Å². The smallest absolute Gasteiger partial charge is 0.258 e. The van der Waals surface area contributed by atoms with Crippen LogP contribution in [0, 0.1) is 6.92 Å². The molecule has 1 aliphatic rings. The molecular formula is C21H21N3O3. The molecule has 1 unspecified atom stereocenters. The van der Waals surface area contributed by atoms with Crippen LogP contribution in [0.2, 0.25) is 0 Å². The van der Waals surface area contributed by atoms with E-state index in [0.29, 0.717) is 30.2 Å². The molecule has 1 aromatic carbocycles. The summed E-state index contributed by atoms with van der Waals surface area (Å²) in [7, 11) is 1.71. The van der Waals surface area contributed by atoms with Crippen molar-refractivity contribution in [3.8, 4) is 0 Å². The molecular weight excluding hydrogens is 342 g/mol. The van der Waals surface area contributed by atoms with Crippen LogP contribution in [0.5, 0.6) is 0 Å². The zero-order valence-electron chi connectivity index (χ0n) is 15.4. The first kappa shape index (κ1) is 17.3. The quantitative estimate of drug-likeness (QED) is 0.715. The van der Waals surface area contributed by atoms with Gasteiger partial charge in [0.05, 0.1) is 36.5 Å². The van der Waals surface area contributed by atoms with Crippen molar-refractivity contribution in [2.45, 2.75) is 32.4 Å². The van der Waals surface area contributed by atoms with Gasteiger partial charge in [-0.15, -0.1) is 0 Å². The number of benzene rings is 1. The van der Waals surface area contributed by atoms with Gasteiger partial charge < -0.3 is 9.32 Å². The van der Waals surface area contributed by atoms with Crippen LogP contribution in [0.3, 0.4) is 0 Å². The van der Waals surface area contributed by atoms with Gasteiger partial charge in [-0.05, 0) is 24.6 Å². The predicted molar refractivity (Wildman–Crippen MR) is 100 cm³/mol. The molecule has 0 saturated heterocycles. The van der Waals surface area contributed by atoms with E-state index < -0.39 is 0 Å². The van der Waals surface area contributed by atoms with E-state index in [-0.39, 0.29) is 23.8 Å². The summed E-state index contributed by atoms with van der Waals surface area (Å²) in [5.74, 6) is 1.25. The van der Waals surface area contributed by atoms with E-state index >= 15 is 0 Å². The second-order valence-corrected chi connectivity index (χ2v) is 6.88. The fourth-order valence-corrected chi connectivity index (χ4v) is 3.57. The highest BCUT2D eigenvalue weighted by molar-refractivity contribution is 5.78. The standard InChI is InChI=1S/C21H21N3O3/c1-14-22-18-13-24(12-17(18)21(26)23(14)2)20(25)11-16(19-9-6-10-27-19)15-7-4-3-5-8-15/h3-10,16H,11-13H2,1-2H3. The Labute approximate surface area is 157 Å². The molecule has 0 N–H and O–H groups in total. The summed E-state index contributed by atoms with van der Waals surface area (Å²) in [6, 6.07) is 13.6. The maximum absolute atomic E-state index is 13.0. The average molecular weight is 363 g/mol. The van der Waals surface area contributed by atoms with Crippen LogP contribution in [0.25, 0.3) is 0 Å². The van der Waals surface area contributed by atoms with Crippen molar-refractivity contribution in [2.75, 3.05) is 0 Å². The van der Waals surface area contributed by atoms with Gasteiger partial charge in [0.15, 0.2) is 0 Å². The largest absolute Gasteiger partial charge is 0.469 e. The minimum absolute atomic E-state index is 0.0158. The molecule has 138 valence electrons. The van der Waals surface area contributed by atoms with Crippen molar-refractivity contribution in [3.05, 3.63) is 87.5 Å². The topological polar surface area (TPSA) is 68.3 Å². The van der Waals surface area contributed by atoms with Crippen molar-refractivity contribution in [3.63, 3.8) is 0 Å². The lowest BCUT2D eigenvalue weighted by molar-refractivity contribution is -0.132. The van der Waals surface area contributed by atoms with Gasteiger partial charge in [0.25, 0.3) is 5.56 Å². The average Bonchev–Trinajstić information content (AvgIpc) is 3.35. The Hall–Kier alpha value is -3.15. The minimum Gasteiger partial charge on any atom is -0.469 e.